The number of aryl methyl sites for hydroxylation is 1. The van der Waals surface area contributed by atoms with Crippen LogP contribution in [0.25, 0.3) is 11.1 Å². The lowest BCUT2D eigenvalue weighted by Gasteiger charge is -2.14. The van der Waals surface area contributed by atoms with Gasteiger partial charge in [0, 0.05) is 11.8 Å². The van der Waals surface area contributed by atoms with E-state index in [2.05, 4.69) is 4.98 Å². The Morgan fingerprint density at radius 2 is 1.77 bits per heavy atom. The van der Waals surface area contributed by atoms with Crippen LogP contribution in [0.3, 0.4) is 0 Å². The van der Waals surface area contributed by atoms with Crippen molar-refractivity contribution in [3.05, 3.63) is 83.9 Å². The second kappa shape index (κ2) is 7.78. The van der Waals surface area contributed by atoms with Gasteiger partial charge in [-0.1, -0.05) is 36.4 Å². The number of rotatable bonds is 6. The predicted molar refractivity (Wildman–Crippen MR) is 98.0 cm³/mol. The van der Waals surface area contributed by atoms with E-state index >= 15 is 0 Å². The summed E-state index contributed by atoms with van der Waals surface area (Å²) in [6.07, 6.45) is 2.63. The highest BCUT2D eigenvalue weighted by molar-refractivity contribution is 5.82. The Bertz CT molecular complexity index is 893. The number of amides is 1. The van der Waals surface area contributed by atoms with Gasteiger partial charge in [-0.2, -0.15) is 4.39 Å². The van der Waals surface area contributed by atoms with Crippen molar-refractivity contribution in [3.63, 3.8) is 0 Å². The van der Waals surface area contributed by atoms with Gasteiger partial charge in [0.05, 0.1) is 5.92 Å². The molecular formula is C21H19FN2O2. The Balaban J connectivity index is 1.71. The van der Waals surface area contributed by atoms with Gasteiger partial charge in [0.2, 0.25) is 11.9 Å². The number of aromatic hydroxyl groups is 1. The molecule has 0 spiro atoms. The number of hydrogen-bond donors (Lipinski definition) is 2. The number of benzene rings is 2. The molecule has 132 valence electrons. The normalized spacial score (nSPS) is 11.9. The van der Waals surface area contributed by atoms with E-state index < -0.39 is 17.8 Å². The lowest BCUT2D eigenvalue weighted by atomic mass is 9.91. The predicted octanol–water partition coefficient (Wildman–Crippen LogP) is 3.80. The summed E-state index contributed by atoms with van der Waals surface area (Å²) >= 11 is 0. The first-order chi connectivity index (χ1) is 12.5. The van der Waals surface area contributed by atoms with Crippen LogP contribution >= 0.6 is 0 Å². The molecule has 3 aromatic rings. The van der Waals surface area contributed by atoms with E-state index in [9.17, 15) is 14.3 Å². The average molecular weight is 350 g/mol. The zero-order valence-corrected chi connectivity index (χ0v) is 14.1. The third kappa shape index (κ3) is 4.06. The van der Waals surface area contributed by atoms with Gasteiger partial charge < -0.3 is 10.8 Å². The van der Waals surface area contributed by atoms with Crippen molar-refractivity contribution in [2.75, 3.05) is 0 Å². The van der Waals surface area contributed by atoms with Gasteiger partial charge in [-0.3, -0.25) is 4.79 Å². The highest BCUT2D eigenvalue weighted by atomic mass is 19.1. The largest absolute Gasteiger partial charge is 0.508 e. The molecule has 0 aliphatic heterocycles. The number of aromatic nitrogens is 1. The quantitative estimate of drug-likeness (QED) is 0.664. The van der Waals surface area contributed by atoms with Crippen LogP contribution in [-0.2, 0) is 11.2 Å². The van der Waals surface area contributed by atoms with E-state index in [-0.39, 0.29) is 5.75 Å². The summed E-state index contributed by atoms with van der Waals surface area (Å²) in [4.78, 5) is 15.5. The molecule has 3 rings (SSSR count). The van der Waals surface area contributed by atoms with Crippen molar-refractivity contribution in [2.45, 2.75) is 18.8 Å². The molecule has 1 heterocycles. The first-order valence-corrected chi connectivity index (χ1v) is 8.32. The molecule has 0 saturated heterocycles. The number of hydrogen-bond acceptors (Lipinski definition) is 3. The van der Waals surface area contributed by atoms with Crippen LogP contribution in [0.15, 0.2) is 66.9 Å². The minimum absolute atomic E-state index is 0.148. The minimum atomic E-state index is -0.499. The number of pyridine rings is 1. The van der Waals surface area contributed by atoms with E-state index in [1.807, 2.05) is 24.3 Å². The third-order valence-corrected chi connectivity index (χ3v) is 4.38. The fourth-order valence-corrected chi connectivity index (χ4v) is 2.94. The molecule has 3 N–H and O–H groups in total. The Kier molecular flexibility index (Phi) is 5.27. The number of nitrogens with zero attached hydrogens (tertiary/aromatic N) is 1. The summed E-state index contributed by atoms with van der Waals surface area (Å²) in [6, 6.07) is 17.4. The maximum absolute atomic E-state index is 13.8. The van der Waals surface area contributed by atoms with Gasteiger partial charge in [-0.15, -0.1) is 0 Å². The van der Waals surface area contributed by atoms with E-state index in [0.29, 0.717) is 18.4 Å². The molecule has 0 saturated carbocycles. The molecule has 5 heteroatoms. The zero-order chi connectivity index (χ0) is 18.5. The SMILES string of the molecule is NC(=O)C(CCc1ccc(-c2cccnc2F)cc1)c1ccc(O)cc1. The third-order valence-electron chi connectivity index (χ3n) is 4.38. The molecule has 0 aliphatic rings. The number of phenols is 1. The van der Waals surface area contributed by atoms with E-state index in [1.165, 1.54) is 6.20 Å². The molecular weight excluding hydrogens is 331 g/mol. The lowest BCUT2D eigenvalue weighted by molar-refractivity contribution is -0.119. The van der Waals surface area contributed by atoms with Gasteiger partial charge in [0.25, 0.3) is 0 Å². The van der Waals surface area contributed by atoms with Crippen molar-refractivity contribution in [1.82, 2.24) is 4.98 Å². The van der Waals surface area contributed by atoms with Crippen LogP contribution in [0.5, 0.6) is 5.75 Å². The van der Waals surface area contributed by atoms with Crippen LogP contribution in [0.2, 0.25) is 0 Å². The first-order valence-electron chi connectivity index (χ1n) is 8.32. The maximum Gasteiger partial charge on any atom is 0.224 e. The van der Waals surface area contributed by atoms with Gasteiger partial charge in [-0.05, 0) is 53.8 Å². The second-order valence-electron chi connectivity index (χ2n) is 6.12. The number of phenolic OH excluding ortho intramolecular Hbond substituents is 1. The molecule has 1 unspecified atom stereocenters. The summed E-state index contributed by atoms with van der Waals surface area (Å²) in [6.45, 7) is 0. The topological polar surface area (TPSA) is 76.2 Å². The van der Waals surface area contributed by atoms with Gasteiger partial charge in [0.1, 0.15) is 5.75 Å². The molecule has 0 aliphatic carbocycles. The smallest absolute Gasteiger partial charge is 0.224 e. The molecule has 26 heavy (non-hydrogen) atoms. The molecule has 0 bridgehead atoms. The van der Waals surface area contributed by atoms with Gasteiger partial charge in [-0.25, -0.2) is 4.98 Å². The Morgan fingerprint density at radius 3 is 2.38 bits per heavy atom. The van der Waals surface area contributed by atoms with E-state index in [0.717, 1.165) is 16.7 Å². The molecule has 0 fully saturated rings. The summed E-state index contributed by atoms with van der Waals surface area (Å²) in [5.41, 5.74) is 8.56. The van der Waals surface area contributed by atoms with Crippen LogP contribution in [0.1, 0.15) is 23.5 Å². The van der Waals surface area contributed by atoms with Crippen molar-refractivity contribution < 1.29 is 14.3 Å². The van der Waals surface area contributed by atoms with Crippen molar-refractivity contribution in [2.24, 2.45) is 5.73 Å². The highest BCUT2D eigenvalue weighted by Gasteiger charge is 2.17. The standard InChI is InChI=1S/C21H19FN2O2/c22-20-18(2-1-13-24-20)15-6-3-14(4-7-15)5-12-19(21(23)26)16-8-10-17(25)11-9-16/h1-4,6-11,13,19,25H,5,12H2,(H2,23,26). The fraction of sp³-hybridized carbons (Fsp3) is 0.143. The zero-order valence-electron chi connectivity index (χ0n) is 14.1. The molecule has 0 radical (unpaired) electrons. The van der Waals surface area contributed by atoms with Crippen LogP contribution in [-0.4, -0.2) is 16.0 Å². The molecule has 2 aromatic carbocycles. The number of carbonyl (C=O) groups excluding carboxylic acids is 1. The van der Waals surface area contributed by atoms with Crippen molar-refractivity contribution >= 4 is 5.91 Å². The molecule has 4 nitrogen and oxygen atoms in total. The second-order valence-corrected chi connectivity index (χ2v) is 6.12. The highest BCUT2D eigenvalue weighted by Crippen LogP contribution is 2.25. The summed E-state index contributed by atoms with van der Waals surface area (Å²) in [7, 11) is 0. The minimum Gasteiger partial charge on any atom is -0.508 e. The molecule has 1 aromatic heterocycles. The Labute approximate surface area is 151 Å². The molecule has 1 atom stereocenters. The molecule has 1 amide bonds. The van der Waals surface area contributed by atoms with Crippen LogP contribution in [0.4, 0.5) is 4.39 Å². The van der Waals surface area contributed by atoms with E-state index in [4.69, 9.17) is 5.73 Å². The van der Waals surface area contributed by atoms with Crippen molar-refractivity contribution in [1.29, 1.82) is 0 Å². The Morgan fingerprint density at radius 1 is 1.08 bits per heavy atom. The Hall–Kier alpha value is -3.21. The number of halogens is 1. The fourth-order valence-electron chi connectivity index (χ4n) is 2.94. The number of carbonyl (C=O) groups is 1. The lowest BCUT2D eigenvalue weighted by Crippen LogP contribution is -2.22. The van der Waals surface area contributed by atoms with Crippen LogP contribution in [0, 0.1) is 5.95 Å². The van der Waals surface area contributed by atoms with Crippen molar-refractivity contribution in [3.8, 4) is 16.9 Å². The summed E-state index contributed by atoms with van der Waals surface area (Å²) in [5, 5.41) is 9.38. The maximum atomic E-state index is 13.8. The van der Waals surface area contributed by atoms with Crippen LogP contribution < -0.4 is 5.73 Å². The summed E-state index contributed by atoms with van der Waals surface area (Å²) < 4.78 is 13.8. The van der Waals surface area contributed by atoms with Gasteiger partial charge >= 0.3 is 0 Å². The number of nitrogens with two attached hydrogens (primary N) is 1. The first kappa shape index (κ1) is 17.6. The monoisotopic (exact) mass is 350 g/mol. The number of primary amides is 1. The summed E-state index contributed by atoms with van der Waals surface area (Å²) in [5.74, 6) is -1.17. The van der Waals surface area contributed by atoms with Gasteiger partial charge in [0.15, 0.2) is 0 Å². The average Bonchev–Trinajstić information content (AvgIpc) is 2.64. The van der Waals surface area contributed by atoms with E-state index in [1.54, 1.807) is 36.4 Å².